The van der Waals surface area contributed by atoms with Crippen LogP contribution in [0.15, 0.2) is 18.2 Å². The summed E-state index contributed by atoms with van der Waals surface area (Å²) in [6.07, 6.45) is 0. The normalized spacial score (nSPS) is 9.64. The quantitative estimate of drug-likeness (QED) is 0.589. The number of aryl methyl sites for hydroxylation is 1. The molecule has 1 aromatic carbocycles. The lowest BCUT2D eigenvalue weighted by Gasteiger charge is -2.04. The van der Waals surface area contributed by atoms with Gasteiger partial charge in [-0.15, -0.1) is 0 Å². The zero-order chi connectivity index (χ0) is 8.43. The number of carbonyl (C=O) groups is 1. The van der Waals surface area contributed by atoms with Gasteiger partial charge in [0.15, 0.2) is 0 Å². The fourth-order valence-electron chi connectivity index (χ4n) is 0.805. The van der Waals surface area contributed by atoms with Crippen LogP contribution in [0.1, 0.15) is 15.9 Å². The summed E-state index contributed by atoms with van der Waals surface area (Å²) in [6, 6.07) is 4.16. The Hall–Kier alpha value is -1.38. The number of aromatic carboxylic acids is 1. The fraction of sp³-hybridized carbons (Fsp3) is 0.125. The lowest BCUT2D eigenvalue weighted by atomic mass is 10.1. The predicted molar refractivity (Wildman–Crippen MR) is 35.5 cm³/mol. The molecule has 3 heteroatoms. The number of benzene rings is 1. The highest BCUT2D eigenvalue weighted by Crippen LogP contribution is 2.10. The Balaban J connectivity index is 3.27. The number of hydrogen-bond donors (Lipinski definition) is 0. The number of carboxylic acids is 1. The third kappa shape index (κ3) is 1.37. The lowest BCUT2D eigenvalue weighted by molar-refractivity contribution is -0.255. The summed E-state index contributed by atoms with van der Waals surface area (Å²) in [5.41, 5.74) is -0.0725. The highest BCUT2D eigenvalue weighted by molar-refractivity contribution is 5.86. The number of rotatable bonds is 1. The molecule has 0 aliphatic heterocycles. The van der Waals surface area contributed by atoms with Crippen LogP contribution in [0.5, 0.6) is 0 Å². The Bertz CT molecular complexity index is 294. The van der Waals surface area contributed by atoms with E-state index in [-0.39, 0.29) is 5.56 Å². The van der Waals surface area contributed by atoms with E-state index in [4.69, 9.17) is 0 Å². The van der Waals surface area contributed by atoms with Crippen LogP contribution in [0.25, 0.3) is 0 Å². The first kappa shape index (κ1) is 7.72. The van der Waals surface area contributed by atoms with Gasteiger partial charge in [0.1, 0.15) is 5.82 Å². The monoisotopic (exact) mass is 153 g/mol. The maximum absolute atomic E-state index is 12.8. The van der Waals surface area contributed by atoms with Gasteiger partial charge in [-0.1, -0.05) is 18.2 Å². The zero-order valence-electron chi connectivity index (χ0n) is 5.93. The molecule has 0 atom stereocenters. The van der Waals surface area contributed by atoms with Gasteiger partial charge in [-0.2, -0.15) is 0 Å². The van der Waals surface area contributed by atoms with E-state index in [0.29, 0.717) is 5.56 Å². The Morgan fingerprint density at radius 1 is 1.55 bits per heavy atom. The molecule has 0 bridgehead atoms. The van der Waals surface area contributed by atoms with Gasteiger partial charge in [0, 0.05) is 5.56 Å². The first-order valence-electron chi connectivity index (χ1n) is 3.09. The summed E-state index contributed by atoms with van der Waals surface area (Å²) in [7, 11) is 0. The second-order valence-electron chi connectivity index (χ2n) is 2.22. The van der Waals surface area contributed by atoms with E-state index in [1.54, 1.807) is 0 Å². The Morgan fingerprint density at radius 3 is 2.64 bits per heavy atom. The standard InChI is InChI=1S/C8H7FO2/c1-5-3-2-4-6(7(5)9)8(10)11/h2-4H,1H3,(H,10,11)/p-1. The summed E-state index contributed by atoms with van der Waals surface area (Å²) in [6.45, 7) is 1.50. The number of carbonyl (C=O) groups excluding carboxylic acids is 1. The van der Waals surface area contributed by atoms with E-state index >= 15 is 0 Å². The van der Waals surface area contributed by atoms with E-state index < -0.39 is 11.8 Å². The van der Waals surface area contributed by atoms with Gasteiger partial charge in [0.2, 0.25) is 0 Å². The van der Waals surface area contributed by atoms with Gasteiger partial charge in [-0.05, 0) is 12.5 Å². The Kier molecular flexibility index (Phi) is 1.89. The molecule has 1 rings (SSSR count). The van der Waals surface area contributed by atoms with Gasteiger partial charge in [0.05, 0.1) is 5.97 Å². The number of hydrogen-bond acceptors (Lipinski definition) is 2. The van der Waals surface area contributed by atoms with E-state index in [1.807, 2.05) is 0 Å². The molecule has 1 aromatic rings. The van der Waals surface area contributed by atoms with Crippen molar-refractivity contribution in [1.82, 2.24) is 0 Å². The molecule has 0 saturated heterocycles. The van der Waals surface area contributed by atoms with Crippen LogP contribution in [0, 0.1) is 12.7 Å². The van der Waals surface area contributed by atoms with Crippen LogP contribution in [-0.2, 0) is 0 Å². The van der Waals surface area contributed by atoms with Crippen molar-refractivity contribution in [3.63, 3.8) is 0 Å². The van der Waals surface area contributed by atoms with E-state index in [0.717, 1.165) is 0 Å². The van der Waals surface area contributed by atoms with Crippen molar-refractivity contribution < 1.29 is 14.3 Å². The molecule has 0 heterocycles. The summed E-state index contributed by atoms with van der Waals surface area (Å²) < 4.78 is 12.8. The minimum absolute atomic E-state index is 0.312. The molecule has 2 nitrogen and oxygen atoms in total. The summed E-state index contributed by atoms with van der Waals surface area (Å²) in [4.78, 5) is 10.2. The molecule has 0 aliphatic rings. The van der Waals surface area contributed by atoms with Gasteiger partial charge >= 0.3 is 0 Å². The lowest BCUT2D eigenvalue weighted by Crippen LogP contribution is -2.23. The summed E-state index contributed by atoms with van der Waals surface area (Å²) >= 11 is 0. The van der Waals surface area contributed by atoms with Gasteiger partial charge in [0.25, 0.3) is 0 Å². The average molecular weight is 153 g/mol. The van der Waals surface area contributed by atoms with Crippen LogP contribution >= 0.6 is 0 Å². The second kappa shape index (κ2) is 2.70. The molecule has 0 fully saturated rings. The molecule has 0 radical (unpaired) electrons. The van der Waals surface area contributed by atoms with Crippen LogP contribution in [0.2, 0.25) is 0 Å². The van der Waals surface area contributed by atoms with Crippen molar-refractivity contribution in [2.75, 3.05) is 0 Å². The van der Waals surface area contributed by atoms with Gasteiger partial charge in [-0.3, -0.25) is 0 Å². The van der Waals surface area contributed by atoms with Crippen molar-refractivity contribution in [2.45, 2.75) is 6.92 Å². The molecule has 0 aromatic heterocycles. The maximum Gasteiger partial charge on any atom is 0.135 e. The van der Waals surface area contributed by atoms with Crippen molar-refractivity contribution in [3.05, 3.63) is 35.1 Å². The minimum Gasteiger partial charge on any atom is -0.545 e. The highest BCUT2D eigenvalue weighted by atomic mass is 19.1. The van der Waals surface area contributed by atoms with Crippen molar-refractivity contribution in [3.8, 4) is 0 Å². The summed E-state index contributed by atoms with van der Waals surface area (Å²) in [5.74, 6) is -2.20. The molecular weight excluding hydrogens is 147 g/mol. The molecule has 0 spiro atoms. The fourth-order valence-corrected chi connectivity index (χ4v) is 0.805. The second-order valence-corrected chi connectivity index (χ2v) is 2.22. The van der Waals surface area contributed by atoms with Gasteiger partial charge < -0.3 is 9.90 Å². The highest BCUT2D eigenvalue weighted by Gasteiger charge is 2.03. The third-order valence-corrected chi connectivity index (χ3v) is 1.41. The van der Waals surface area contributed by atoms with Crippen molar-refractivity contribution in [2.24, 2.45) is 0 Å². The molecule has 0 aliphatic carbocycles. The predicted octanol–water partition coefficient (Wildman–Crippen LogP) is 0.498. The van der Waals surface area contributed by atoms with Gasteiger partial charge in [-0.25, -0.2) is 4.39 Å². The van der Waals surface area contributed by atoms with E-state index in [9.17, 15) is 14.3 Å². The van der Waals surface area contributed by atoms with Crippen LogP contribution < -0.4 is 5.11 Å². The van der Waals surface area contributed by atoms with Crippen LogP contribution in [-0.4, -0.2) is 5.97 Å². The SMILES string of the molecule is Cc1cccc(C(=O)[O-])c1F. The maximum atomic E-state index is 12.8. The topological polar surface area (TPSA) is 40.1 Å². The van der Waals surface area contributed by atoms with Crippen molar-refractivity contribution >= 4 is 5.97 Å². The first-order valence-corrected chi connectivity index (χ1v) is 3.09. The molecule has 0 amide bonds. The number of carboxylic acid groups (broad SMARTS) is 1. The number of halogens is 1. The molecular formula is C8H6FO2-. The molecule has 58 valence electrons. The molecule has 0 saturated carbocycles. The van der Waals surface area contributed by atoms with Crippen molar-refractivity contribution in [1.29, 1.82) is 0 Å². The molecule has 11 heavy (non-hydrogen) atoms. The average Bonchev–Trinajstić information content (AvgIpc) is 1.94. The van der Waals surface area contributed by atoms with E-state index in [2.05, 4.69) is 0 Å². The Morgan fingerprint density at radius 2 is 2.18 bits per heavy atom. The Labute approximate surface area is 63.3 Å². The minimum atomic E-state index is -1.48. The van der Waals surface area contributed by atoms with Crippen LogP contribution in [0.3, 0.4) is 0 Å². The van der Waals surface area contributed by atoms with E-state index in [1.165, 1.54) is 25.1 Å². The third-order valence-electron chi connectivity index (χ3n) is 1.41. The first-order chi connectivity index (χ1) is 5.13. The largest absolute Gasteiger partial charge is 0.545 e. The zero-order valence-corrected chi connectivity index (χ0v) is 5.93. The summed E-state index contributed by atoms with van der Waals surface area (Å²) in [5, 5.41) is 10.2. The molecule has 0 N–H and O–H groups in total. The smallest absolute Gasteiger partial charge is 0.135 e. The molecule has 0 unspecified atom stereocenters. The van der Waals surface area contributed by atoms with Crippen LogP contribution in [0.4, 0.5) is 4.39 Å².